The Morgan fingerprint density at radius 2 is 1.76 bits per heavy atom. The average molecular weight is 393 g/mol. The van der Waals surface area contributed by atoms with E-state index in [0.29, 0.717) is 17.3 Å². The molecule has 0 fully saturated rings. The predicted octanol–water partition coefficient (Wildman–Crippen LogP) is 3.86. The second-order valence-corrected chi connectivity index (χ2v) is 6.90. The Morgan fingerprint density at radius 1 is 1.07 bits per heavy atom. The number of hydrogen-bond acceptors (Lipinski definition) is 6. The fraction of sp³-hybridized carbons (Fsp3) is 0.273. The number of aromatic nitrogens is 2. The number of amides is 1. The molecule has 7 heteroatoms. The van der Waals surface area contributed by atoms with Gasteiger partial charge in [-0.25, -0.2) is 0 Å². The Morgan fingerprint density at radius 3 is 2.34 bits per heavy atom. The van der Waals surface area contributed by atoms with Crippen LogP contribution in [-0.2, 0) is 9.53 Å². The molecule has 29 heavy (non-hydrogen) atoms. The third kappa shape index (κ3) is 5.51. The van der Waals surface area contributed by atoms with Crippen LogP contribution in [0.1, 0.15) is 48.1 Å². The van der Waals surface area contributed by atoms with E-state index in [1.165, 1.54) is 0 Å². The number of nitrogens with zero attached hydrogens (tertiary/aromatic N) is 2. The first-order chi connectivity index (χ1) is 13.9. The van der Waals surface area contributed by atoms with Crippen molar-refractivity contribution in [2.45, 2.75) is 39.3 Å². The van der Waals surface area contributed by atoms with Crippen molar-refractivity contribution in [2.75, 3.05) is 0 Å². The lowest BCUT2D eigenvalue weighted by molar-refractivity contribution is -0.147. The van der Waals surface area contributed by atoms with E-state index in [2.05, 4.69) is 15.5 Å². The van der Waals surface area contributed by atoms with E-state index < -0.39 is 6.04 Å². The summed E-state index contributed by atoms with van der Waals surface area (Å²) in [4.78, 5) is 29.1. The van der Waals surface area contributed by atoms with Gasteiger partial charge in [-0.05, 0) is 50.6 Å². The lowest BCUT2D eigenvalue weighted by atomic mass is 10.0. The van der Waals surface area contributed by atoms with E-state index in [4.69, 9.17) is 9.26 Å². The maximum Gasteiger partial charge on any atom is 0.308 e. The number of aryl methyl sites for hydroxylation is 1. The molecule has 0 radical (unpaired) electrons. The fourth-order valence-corrected chi connectivity index (χ4v) is 2.84. The highest BCUT2D eigenvalue weighted by Crippen LogP contribution is 2.20. The largest absolute Gasteiger partial charge is 0.463 e. The van der Waals surface area contributed by atoms with Crippen molar-refractivity contribution < 1.29 is 18.8 Å². The molecular formula is C22H23N3O4. The minimum Gasteiger partial charge on any atom is -0.463 e. The SMILES string of the molecule is Cc1noc(-c2ccc(C(=O)NC(CC(=O)OC(C)C)c3ccccc3)cc2)n1. The Hall–Kier alpha value is -3.48. The van der Waals surface area contributed by atoms with Gasteiger partial charge < -0.3 is 14.6 Å². The van der Waals surface area contributed by atoms with Gasteiger partial charge in [-0.15, -0.1) is 0 Å². The number of nitrogens with one attached hydrogen (secondary N) is 1. The minimum atomic E-state index is -0.492. The normalized spacial score (nSPS) is 11.9. The number of benzene rings is 2. The molecule has 0 aliphatic rings. The van der Waals surface area contributed by atoms with Gasteiger partial charge in [0.15, 0.2) is 5.82 Å². The standard InChI is InChI=1S/C22H23N3O4/c1-14(2)28-20(26)13-19(16-7-5-4-6-8-16)24-21(27)17-9-11-18(12-10-17)22-23-15(3)25-29-22/h4-12,14,19H,13H2,1-3H3,(H,24,27). The van der Waals surface area contributed by atoms with Gasteiger partial charge in [0.1, 0.15) is 0 Å². The first-order valence-electron chi connectivity index (χ1n) is 9.38. The Bertz CT molecular complexity index is 965. The van der Waals surface area contributed by atoms with Crippen LogP contribution in [0.25, 0.3) is 11.5 Å². The molecule has 2 aromatic carbocycles. The maximum absolute atomic E-state index is 12.8. The lowest BCUT2D eigenvalue weighted by Gasteiger charge is -2.19. The Kier molecular flexibility index (Phi) is 6.39. The summed E-state index contributed by atoms with van der Waals surface area (Å²) in [6.45, 7) is 5.32. The molecular weight excluding hydrogens is 370 g/mol. The summed E-state index contributed by atoms with van der Waals surface area (Å²) >= 11 is 0. The van der Waals surface area contributed by atoms with Crippen LogP contribution in [0, 0.1) is 6.92 Å². The maximum atomic E-state index is 12.8. The van der Waals surface area contributed by atoms with Crippen LogP contribution in [0.3, 0.4) is 0 Å². The summed E-state index contributed by atoms with van der Waals surface area (Å²) in [5.74, 6) is 0.287. The van der Waals surface area contributed by atoms with Gasteiger partial charge in [0.25, 0.3) is 11.8 Å². The van der Waals surface area contributed by atoms with Crippen molar-refractivity contribution in [1.82, 2.24) is 15.5 Å². The molecule has 0 saturated carbocycles. The van der Waals surface area contributed by atoms with Gasteiger partial charge in [0, 0.05) is 11.1 Å². The molecule has 1 heterocycles. The van der Waals surface area contributed by atoms with E-state index in [0.717, 1.165) is 11.1 Å². The summed E-state index contributed by atoms with van der Waals surface area (Å²) in [6, 6.07) is 15.7. The lowest BCUT2D eigenvalue weighted by Crippen LogP contribution is -2.31. The summed E-state index contributed by atoms with van der Waals surface area (Å²) in [7, 11) is 0. The summed E-state index contributed by atoms with van der Waals surface area (Å²) < 4.78 is 10.4. The van der Waals surface area contributed by atoms with Crippen molar-refractivity contribution >= 4 is 11.9 Å². The molecule has 0 saturated heterocycles. The zero-order valence-corrected chi connectivity index (χ0v) is 16.6. The monoisotopic (exact) mass is 393 g/mol. The first kappa shape index (κ1) is 20.3. The first-order valence-corrected chi connectivity index (χ1v) is 9.38. The van der Waals surface area contributed by atoms with Gasteiger partial charge >= 0.3 is 5.97 Å². The zero-order valence-electron chi connectivity index (χ0n) is 16.6. The van der Waals surface area contributed by atoms with Gasteiger partial charge in [0.2, 0.25) is 0 Å². The van der Waals surface area contributed by atoms with Crippen LogP contribution in [-0.4, -0.2) is 28.1 Å². The topological polar surface area (TPSA) is 94.3 Å². The van der Waals surface area contributed by atoms with Crippen LogP contribution >= 0.6 is 0 Å². The fourth-order valence-electron chi connectivity index (χ4n) is 2.84. The number of rotatable bonds is 7. The number of carbonyl (C=O) groups excluding carboxylic acids is 2. The van der Waals surface area contributed by atoms with Gasteiger partial charge in [-0.2, -0.15) is 4.98 Å². The van der Waals surface area contributed by atoms with E-state index in [1.54, 1.807) is 45.0 Å². The second kappa shape index (κ2) is 9.14. The van der Waals surface area contributed by atoms with Gasteiger partial charge in [0.05, 0.1) is 18.6 Å². The Balaban J connectivity index is 1.74. The third-order valence-corrected chi connectivity index (χ3v) is 4.17. The molecule has 0 aliphatic heterocycles. The van der Waals surface area contributed by atoms with Crippen molar-refractivity contribution in [3.8, 4) is 11.5 Å². The molecule has 1 amide bonds. The van der Waals surface area contributed by atoms with E-state index in [9.17, 15) is 9.59 Å². The highest BCUT2D eigenvalue weighted by molar-refractivity contribution is 5.95. The number of ether oxygens (including phenoxy) is 1. The summed E-state index contributed by atoms with van der Waals surface area (Å²) in [5, 5.41) is 6.69. The highest BCUT2D eigenvalue weighted by Gasteiger charge is 2.21. The van der Waals surface area contributed by atoms with Crippen molar-refractivity contribution in [3.63, 3.8) is 0 Å². The van der Waals surface area contributed by atoms with Crippen molar-refractivity contribution in [1.29, 1.82) is 0 Å². The molecule has 1 N–H and O–H groups in total. The molecule has 1 unspecified atom stereocenters. The minimum absolute atomic E-state index is 0.0489. The quantitative estimate of drug-likeness (QED) is 0.613. The van der Waals surface area contributed by atoms with E-state index >= 15 is 0 Å². The van der Waals surface area contributed by atoms with Crippen LogP contribution < -0.4 is 5.32 Å². The van der Waals surface area contributed by atoms with E-state index in [-0.39, 0.29) is 24.4 Å². The molecule has 0 bridgehead atoms. The number of hydrogen-bond donors (Lipinski definition) is 1. The number of carbonyl (C=O) groups is 2. The second-order valence-electron chi connectivity index (χ2n) is 6.90. The smallest absolute Gasteiger partial charge is 0.308 e. The zero-order chi connectivity index (χ0) is 20.8. The number of esters is 1. The van der Waals surface area contributed by atoms with Crippen LogP contribution in [0.15, 0.2) is 59.1 Å². The molecule has 150 valence electrons. The average Bonchev–Trinajstić information content (AvgIpc) is 3.14. The highest BCUT2D eigenvalue weighted by atomic mass is 16.5. The third-order valence-electron chi connectivity index (χ3n) is 4.17. The molecule has 3 rings (SSSR count). The summed E-state index contributed by atoms with van der Waals surface area (Å²) in [5.41, 5.74) is 2.02. The molecule has 7 nitrogen and oxygen atoms in total. The molecule has 1 aromatic heterocycles. The summed E-state index contributed by atoms with van der Waals surface area (Å²) in [6.07, 6.45) is -0.164. The molecule has 0 spiro atoms. The van der Waals surface area contributed by atoms with Crippen LogP contribution in [0.5, 0.6) is 0 Å². The van der Waals surface area contributed by atoms with E-state index in [1.807, 2.05) is 30.3 Å². The van der Waals surface area contributed by atoms with Gasteiger partial charge in [-0.3, -0.25) is 9.59 Å². The Labute approximate surface area is 169 Å². The molecule has 3 aromatic rings. The van der Waals surface area contributed by atoms with Crippen LogP contribution in [0.2, 0.25) is 0 Å². The van der Waals surface area contributed by atoms with Crippen molar-refractivity contribution in [2.24, 2.45) is 0 Å². The molecule has 0 aliphatic carbocycles. The molecule has 1 atom stereocenters. The van der Waals surface area contributed by atoms with Crippen molar-refractivity contribution in [3.05, 3.63) is 71.5 Å². The van der Waals surface area contributed by atoms with Gasteiger partial charge in [-0.1, -0.05) is 35.5 Å². The predicted molar refractivity (Wildman–Crippen MR) is 107 cm³/mol. The van der Waals surface area contributed by atoms with Crippen LogP contribution in [0.4, 0.5) is 0 Å².